The maximum atomic E-state index is 5.60. The Bertz CT molecular complexity index is 694. The van der Waals surface area contributed by atoms with Crippen molar-refractivity contribution >= 4 is 29.9 Å². The molecule has 0 radical (unpaired) electrons. The van der Waals surface area contributed by atoms with Gasteiger partial charge in [-0.25, -0.2) is 9.98 Å². The summed E-state index contributed by atoms with van der Waals surface area (Å²) >= 11 is 0. The molecule has 1 heterocycles. The summed E-state index contributed by atoms with van der Waals surface area (Å²) in [6.07, 6.45) is 5.69. The molecule has 1 N–H and O–H groups in total. The molecular weight excluding hydrogens is 439 g/mol. The van der Waals surface area contributed by atoms with E-state index < -0.39 is 0 Å². The van der Waals surface area contributed by atoms with Crippen molar-refractivity contribution in [2.75, 3.05) is 20.1 Å². The molecule has 2 rings (SSSR count). The van der Waals surface area contributed by atoms with Crippen LogP contribution in [-0.2, 0) is 6.54 Å². The maximum absolute atomic E-state index is 5.60. The number of nitrogens with zero attached hydrogens (tertiary/aromatic N) is 3. The number of oxazole rings is 1. The van der Waals surface area contributed by atoms with E-state index in [-0.39, 0.29) is 24.0 Å². The molecule has 6 heteroatoms. The number of aromatic nitrogens is 1. The van der Waals surface area contributed by atoms with Crippen molar-refractivity contribution in [2.45, 2.75) is 33.2 Å². The molecule has 0 amide bonds. The summed E-state index contributed by atoms with van der Waals surface area (Å²) in [4.78, 5) is 11.3. The minimum atomic E-state index is 0. The van der Waals surface area contributed by atoms with Gasteiger partial charge in [0.15, 0.2) is 5.96 Å². The SMILES string of the molecule is C=CCCCN(C)C(=NCc1coc(-c2ccc(C)cc2)n1)NCC.I. The van der Waals surface area contributed by atoms with Gasteiger partial charge < -0.3 is 14.6 Å². The Morgan fingerprint density at radius 1 is 1.35 bits per heavy atom. The van der Waals surface area contributed by atoms with Gasteiger partial charge in [-0.3, -0.25) is 0 Å². The first kappa shape index (κ1) is 22.2. The third-order valence-electron chi connectivity index (χ3n) is 3.84. The molecule has 0 saturated carbocycles. The standard InChI is InChI=1S/C20H28N4O.HI/c1-5-7-8-13-24(4)20(21-6-2)22-14-18-15-25-19(23-18)17-11-9-16(3)10-12-17;/h5,9-12,15H,1,6-8,13-14H2,2-4H3,(H,21,22);1H. The van der Waals surface area contributed by atoms with E-state index in [4.69, 9.17) is 4.42 Å². The number of aliphatic imine (C=N–C) groups is 1. The van der Waals surface area contributed by atoms with Crippen LogP contribution in [0.15, 0.2) is 52.6 Å². The van der Waals surface area contributed by atoms with Crippen molar-refractivity contribution in [3.8, 4) is 11.5 Å². The van der Waals surface area contributed by atoms with Gasteiger partial charge in [-0.2, -0.15) is 0 Å². The zero-order valence-electron chi connectivity index (χ0n) is 15.9. The molecular formula is C20H29IN4O. The lowest BCUT2D eigenvalue weighted by Crippen LogP contribution is -2.39. The third-order valence-corrected chi connectivity index (χ3v) is 3.84. The fourth-order valence-electron chi connectivity index (χ4n) is 2.41. The third kappa shape index (κ3) is 6.82. The largest absolute Gasteiger partial charge is 0.444 e. The van der Waals surface area contributed by atoms with E-state index in [1.165, 1.54) is 5.56 Å². The topological polar surface area (TPSA) is 53.7 Å². The average Bonchev–Trinajstić information content (AvgIpc) is 3.08. The van der Waals surface area contributed by atoms with Crippen molar-refractivity contribution in [3.05, 3.63) is 54.4 Å². The lowest BCUT2D eigenvalue weighted by atomic mass is 10.1. The highest BCUT2D eigenvalue weighted by molar-refractivity contribution is 14.0. The first-order chi connectivity index (χ1) is 12.1. The van der Waals surface area contributed by atoms with Crippen LogP contribution in [0.5, 0.6) is 0 Å². The van der Waals surface area contributed by atoms with Crippen LogP contribution in [0.3, 0.4) is 0 Å². The van der Waals surface area contributed by atoms with E-state index in [9.17, 15) is 0 Å². The molecule has 0 aliphatic carbocycles. The summed E-state index contributed by atoms with van der Waals surface area (Å²) in [6, 6.07) is 8.15. The van der Waals surface area contributed by atoms with Crippen molar-refractivity contribution < 1.29 is 4.42 Å². The molecule has 0 unspecified atom stereocenters. The zero-order valence-corrected chi connectivity index (χ0v) is 18.2. The second kappa shape index (κ2) is 11.7. The van der Waals surface area contributed by atoms with Gasteiger partial charge in [0.05, 0.1) is 6.54 Å². The number of rotatable bonds is 8. The van der Waals surface area contributed by atoms with E-state index in [2.05, 4.69) is 52.8 Å². The second-order valence-corrected chi connectivity index (χ2v) is 6.03. The first-order valence-corrected chi connectivity index (χ1v) is 8.75. The fraction of sp³-hybridized carbons (Fsp3) is 0.400. The lowest BCUT2D eigenvalue weighted by molar-refractivity contribution is 0.470. The van der Waals surface area contributed by atoms with Gasteiger partial charge in [-0.05, 0) is 38.8 Å². The van der Waals surface area contributed by atoms with Crippen LogP contribution in [0.25, 0.3) is 11.5 Å². The lowest BCUT2D eigenvalue weighted by Gasteiger charge is -2.21. The molecule has 5 nitrogen and oxygen atoms in total. The number of aryl methyl sites for hydroxylation is 1. The summed E-state index contributed by atoms with van der Waals surface area (Å²) in [7, 11) is 2.05. The highest BCUT2D eigenvalue weighted by Crippen LogP contribution is 2.19. The van der Waals surface area contributed by atoms with Gasteiger partial charge in [0, 0.05) is 25.7 Å². The van der Waals surface area contributed by atoms with Gasteiger partial charge in [-0.1, -0.05) is 23.8 Å². The number of guanidine groups is 1. The van der Waals surface area contributed by atoms with Crippen LogP contribution in [0.2, 0.25) is 0 Å². The fourth-order valence-corrected chi connectivity index (χ4v) is 2.41. The number of hydrogen-bond donors (Lipinski definition) is 1. The molecule has 2 aromatic rings. The van der Waals surface area contributed by atoms with E-state index in [1.54, 1.807) is 6.26 Å². The molecule has 0 atom stereocenters. The first-order valence-electron chi connectivity index (χ1n) is 8.75. The van der Waals surface area contributed by atoms with Crippen LogP contribution >= 0.6 is 24.0 Å². The second-order valence-electron chi connectivity index (χ2n) is 6.03. The van der Waals surface area contributed by atoms with Gasteiger partial charge in [-0.15, -0.1) is 30.6 Å². The molecule has 142 valence electrons. The van der Waals surface area contributed by atoms with Crippen molar-refractivity contribution in [1.82, 2.24) is 15.2 Å². The minimum Gasteiger partial charge on any atom is -0.444 e. The summed E-state index contributed by atoms with van der Waals surface area (Å²) < 4.78 is 5.60. The number of hydrogen-bond acceptors (Lipinski definition) is 3. The molecule has 0 aliphatic heterocycles. The zero-order chi connectivity index (χ0) is 18.1. The normalized spacial score (nSPS) is 11.0. The summed E-state index contributed by atoms with van der Waals surface area (Å²) in [5, 5.41) is 3.32. The van der Waals surface area contributed by atoms with Crippen molar-refractivity contribution in [1.29, 1.82) is 0 Å². The van der Waals surface area contributed by atoms with Gasteiger partial charge in [0.25, 0.3) is 0 Å². The summed E-state index contributed by atoms with van der Waals surface area (Å²) in [5.41, 5.74) is 3.02. The van der Waals surface area contributed by atoms with E-state index in [0.29, 0.717) is 12.4 Å². The molecule has 1 aromatic carbocycles. The Balaban J connectivity index is 0.00000338. The Labute approximate surface area is 173 Å². The average molecular weight is 468 g/mol. The van der Waals surface area contributed by atoms with E-state index >= 15 is 0 Å². The minimum absolute atomic E-state index is 0. The molecule has 0 aliphatic rings. The van der Waals surface area contributed by atoms with Crippen molar-refractivity contribution in [2.24, 2.45) is 4.99 Å². The monoisotopic (exact) mass is 468 g/mol. The number of halogens is 1. The number of nitrogens with one attached hydrogen (secondary N) is 1. The Morgan fingerprint density at radius 3 is 2.73 bits per heavy atom. The molecule has 0 spiro atoms. The van der Waals surface area contributed by atoms with Crippen LogP contribution < -0.4 is 5.32 Å². The highest BCUT2D eigenvalue weighted by atomic mass is 127. The Kier molecular flexibility index (Phi) is 10.0. The Morgan fingerprint density at radius 2 is 2.08 bits per heavy atom. The van der Waals surface area contributed by atoms with Crippen LogP contribution in [0, 0.1) is 6.92 Å². The van der Waals surface area contributed by atoms with Crippen LogP contribution in [0.4, 0.5) is 0 Å². The van der Waals surface area contributed by atoms with E-state index in [0.717, 1.165) is 43.1 Å². The summed E-state index contributed by atoms with van der Waals surface area (Å²) in [5.74, 6) is 1.51. The number of benzene rings is 1. The molecule has 0 fully saturated rings. The quantitative estimate of drug-likeness (QED) is 0.202. The van der Waals surface area contributed by atoms with Gasteiger partial charge >= 0.3 is 0 Å². The smallest absolute Gasteiger partial charge is 0.226 e. The van der Waals surface area contributed by atoms with Crippen LogP contribution in [-0.4, -0.2) is 36.0 Å². The summed E-state index contributed by atoms with van der Waals surface area (Å²) in [6.45, 7) is 10.2. The molecule has 1 aromatic heterocycles. The van der Waals surface area contributed by atoms with Gasteiger partial charge in [0.2, 0.25) is 5.89 Å². The Hall–Kier alpha value is -1.83. The van der Waals surface area contributed by atoms with Crippen molar-refractivity contribution in [3.63, 3.8) is 0 Å². The number of unbranched alkanes of at least 4 members (excludes halogenated alkanes) is 1. The molecule has 26 heavy (non-hydrogen) atoms. The number of allylic oxidation sites excluding steroid dienone is 1. The molecule has 0 saturated heterocycles. The highest BCUT2D eigenvalue weighted by Gasteiger charge is 2.08. The van der Waals surface area contributed by atoms with Crippen LogP contribution in [0.1, 0.15) is 31.0 Å². The van der Waals surface area contributed by atoms with E-state index in [1.807, 2.05) is 25.3 Å². The maximum Gasteiger partial charge on any atom is 0.226 e. The molecule has 0 bridgehead atoms. The van der Waals surface area contributed by atoms with Gasteiger partial charge in [0.1, 0.15) is 12.0 Å². The predicted molar refractivity (Wildman–Crippen MR) is 119 cm³/mol. The predicted octanol–water partition coefficient (Wildman–Crippen LogP) is 4.63.